The Morgan fingerprint density at radius 2 is 2.10 bits per heavy atom. The van der Waals surface area contributed by atoms with E-state index in [0.29, 0.717) is 16.4 Å². The number of furan rings is 1. The number of hydrogen-bond acceptors (Lipinski definition) is 4. The van der Waals surface area contributed by atoms with Crippen molar-refractivity contribution in [1.29, 1.82) is 0 Å². The number of nitrogens with one attached hydrogen (secondary N) is 1. The summed E-state index contributed by atoms with van der Waals surface area (Å²) < 4.78 is 6.93. The molecule has 0 saturated heterocycles. The van der Waals surface area contributed by atoms with Crippen LogP contribution in [0.4, 0.5) is 0 Å². The van der Waals surface area contributed by atoms with Gasteiger partial charge in [0.2, 0.25) is 0 Å². The van der Waals surface area contributed by atoms with Gasteiger partial charge in [-0.2, -0.15) is 0 Å². The highest BCUT2D eigenvalue weighted by Crippen LogP contribution is 2.32. The molecule has 0 saturated carbocycles. The first-order chi connectivity index (χ1) is 9.38. The Hall–Kier alpha value is -1.12. The van der Waals surface area contributed by atoms with Crippen LogP contribution in [0.15, 0.2) is 24.8 Å². The van der Waals surface area contributed by atoms with Crippen LogP contribution in [0.5, 0.6) is 0 Å². The van der Waals surface area contributed by atoms with Crippen LogP contribution >= 0.6 is 43.2 Å². The summed E-state index contributed by atoms with van der Waals surface area (Å²) in [5.74, 6) is -0.562. The number of carbonyl (C=O) groups excluding carboxylic acids is 1. The molecule has 2 heterocycles. The molecule has 0 radical (unpaired) electrons. The topological polar surface area (TPSA) is 79.5 Å². The van der Waals surface area contributed by atoms with Gasteiger partial charge in [-0.25, -0.2) is 4.79 Å². The van der Waals surface area contributed by atoms with Gasteiger partial charge in [0.05, 0.1) is 15.2 Å². The van der Waals surface area contributed by atoms with Crippen LogP contribution in [0.2, 0.25) is 0 Å². The van der Waals surface area contributed by atoms with Crippen molar-refractivity contribution in [3.05, 3.63) is 42.4 Å². The molecule has 0 fully saturated rings. The molecule has 2 rings (SSSR count). The average molecular weight is 423 g/mol. The third-order valence-corrected chi connectivity index (χ3v) is 5.75. The minimum absolute atomic E-state index is 0.107. The van der Waals surface area contributed by atoms with Gasteiger partial charge in [-0.15, -0.1) is 11.3 Å². The van der Waals surface area contributed by atoms with Crippen molar-refractivity contribution in [2.24, 2.45) is 0 Å². The summed E-state index contributed by atoms with van der Waals surface area (Å²) in [5, 5.41) is 11.6. The van der Waals surface area contributed by atoms with Gasteiger partial charge in [-0.1, -0.05) is 0 Å². The molecule has 1 amide bonds. The normalized spacial score (nSPS) is 10.6. The van der Waals surface area contributed by atoms with Gasteiger partial charge in [0.1, 0.15) is 17.1 Å². The Labute approximate surface area is 135 Å². The maximum atomic E-state index is 11.9. The highest BCUT2D eigenvalue weighted by atomic mass is 79.9. The molecule has 8 heteroatoms. The van der Waals surface area contributed by atoms with Gasteiger partial charge in [0.15, 0.2) is 0 Å². The molecule has 0 aromatic carbocycles. The number of carboxylic acids is 1. The van der Waals surface area contributed by atoms with E-state index in [0.717, 1.165) is 8.26 Å². The number of amides is 1. The molecule has 0 unspecified atom stereocenters. The Balaban J connectivity index is 2.03. The maximum absolute atomic E-state index is 11.9. The fraction of sp³-hybridized carbons (Fsp3) is 0.167. The molecule has 0 aliphatic heterocycles. The van der Waals surface area contributed by atoms with E-state index in [1.54, 1.807) is 13.0 Å². The summed E-state index contributed by atoms with van der Waals surface area (Å²) in [6.45, 7) is 1.71. The molecule has 20 heavy (non-hydrogen) atoms. The van der Waals surface area contributed by atoms with Gasteiger partial charge in [0.25, 0.3) is 5.91 Å². The van der Waals surface area contributed by atoms with Crippen molar-refractivity contribution in [2.45, 2.75) is 13.5 Å². The van der Waals surface area contributed by atoms with Crippen molar-refractivity contribution in [2.75, 3.05) is 0 Å². The third kappa shape index (κ3) is 3.31. The van der Waals surface area contributed by atoms with E-state index in [1.165, 1.54) is 17.4 Å². The van der Waals surface area contributed by atoms with E-state index >= 15 is 0 Å². The molecule has 106 valence electrons. The number of thiophene rings is 1. The fourth-order valence-electron chi connectivity index (χ4n) is 1.56. The van der Waals surface area contributed by atoms with E-state index < -0.39 is 5.97 Å². The molecular formula is C12H9Br2NO4S. The lowest BCUT2D eigenvalue weighted by molar-refractivity contribution is 0.0694. The van der Waals surface area contributed by atoms with Crippen LogP contribution in [-0.2, 0) is 6.54 Å². The van der Waals surface area contributed by atoms with Gasteiger partial charge < -0.3 is 14.8 Å². The van der Waals surface area contributed by atoms with E-state index in [4.69, 9.17) is 9.52 Å². The Morgan fingerprint density at radius 3 is 2.60 bits per heavy atom. The first kappa shape index (κ1) is 15.3. The highest BCUT2D eigenvalue weighted by molar-refractivity contribution is 9.13. The SMILES string of the molecule is Cc1oc(CNC(=O)c2cc(Br)c(Br)s2)cc1C(=O)O. The van der Waals surface area contributed by atoms with Crippen LogP contribution in [0.1, 0.15) is 31.6 Å². The molecule has 5 nitrogen and oxygen atoms in total. The highest BCUT2D eigenvalue weighted by Gasteiger charge is 2.15. The first-order valence-electron chi connectivity index (χ1n) is 5.44. The van der Waals surface area contributed by atoms with Crippen molar-refractivity contribution in [3.8, 4) is 0 Å². The summed E-state index contributed by atoms with van der Waals surface area (Å²) >= 11 is 7.93. The van der Waals surface area contributed by atoms with E-state index in [-0.39, 0.29) is 18.0 Å². The molecular weight excluding hydrogens is 414 g/mol. The summed E-state index contributed by atoms with van der Waals surface area (Å²) in [6, 6.07) is 3.12. The molecule has 0 bridgehead atoms. The number of halogens is 2. The second kappa shape index (κ2) is 6.11. The minimum Gasteiger partial charge on any atom is -0.478 e. The number of carboxylic acid groups (broad SMARTS) is 1. The van der Waals surface area contributed by atoms with Crippen molar-refractivity contribution in [1.82, 2.24) is 5.32 Å². The average Bonchev–Trinajstić information content (AvgIpc) is 2.91. The summed E-state index contributed by atoms with van der Waals surface area (Å²) in [7, 11) is 0. The lowest BCUT2D eigenvalue weighted by atomic mass is 10.2. The summed E-state index contributed by atoms with van der Waals surface area (Å²) in [5.41, 5.74) is 0.107. The van der Waals surface area contributed by atoms with E-state index in [1.807, 2.05) is 0 Å². The molecule has 0 spiro atoms. The van der Waals surface area contributed by atoms with Crippen molar-refractivity contribution < 1.29 is 19.1 Å². The van der Waals surface area contributed by atoms with Crippen molar-refractivity contribution >= 4 is 55.1 Å². The minimum atomic E-state index is -1.05. The maximum Gasteiger partial charge on any atom is 0.339 e. The molecule has 0 aliphatic rings. The van der Waals surface area contributed by atoms with E-state index in [2.05, 4.69) is 37.2 Å². The lowest BCUT2D eigenvalue weighted by Gasteiger charge is -2.00. The van der Waals surface area contributed by atoms with E-state index in [9.17, 15) is 9.59 Å². The van der Waals surface area contributed by atoms with Crippen LogP contribution in [0, 0.1) is 6.92 Å². The Morgan fingerprint density at radius 1 is 1.40 bits per heavy atom. The monoisotopic (exact) mass is 421 g/mol. The zero-order valence-corrected chi connectivity index (χ0v) is 14.2. The van der Waals surface area contributed by atoms with Gasteiger partial charge in [0, 0.05) is 4.47 Å². The molecule has 2 aromatic heterocycles. The molecule has 0 aliphatic carbocycles. The predicted octanol–water partition coefficient (Wildman–Crippen LogP) is 3.80. The number of rotatable bonds is 4. The quantitative estimate of drug-likeness (QED) is 0.785. The molecule has 0 atom stereocenters. The largest absolute Gasteiger partial charge is 0.478 e. The third-order valence-electron chi connectivity index (χ3n) is 2.49. The molecule has 2 aromatic rings. The molecule has 2 N–H and O–H groups in total. The first-order valence-corrected chi connectivity index (χ1v) is 7.84. The predicted molar refractivity (Wildman–Crippen MR) is 81.3 cm³/mol. The zero-order valence-electron chi connectivity index (χ0n) is 10.2. The number of hydrogen-bond donors (Lipinski definition) is 2. The van der Waals surface area contributed by atoms with Crippen LogP contribution in [0.25, 0.3) is 0 Å². The smallest absolute Gasteiger partial charge is 0.339 e. The number of aromatic carboxylic acids is 1. The fourth-order valence-corrected chi connectivity index (χ4v) is 3.51. The Bertz CT molecular complexity index is 658. The van der Waals surface area contributed by atoms with Gasteiger partial charge >= 0.3 is 5.97 Å². The van der Waals surface area contributed by atoms with Crippen molar-refractivity contribution in [3.63, 3.8) is 0 Å². The van der Waals surface area contributed by atoms with Crippen LogP contribution in [-0.4, -0.2) is 17.0 Å². The summed E-state index contributed by atoms with van der Waals surface area (Å²) in [4.78, 5) is 23.3. The summed E-state index contributed by atoms with van der Waals surface area (Å²) in [6.07, 6.45) is 0. The Kier molecular flexibility index (Phi) is 4.66. The zero-order chi connectivity index (χ0) is 14.9. The number of carbonyl (C=O) groups is 2. The van der Waals surface area contributed by atoms with Gasteiger partial charge in [-0.05, 0) is 50.9 Å². The van der Waals surface area contributed by atoms with Gasteiger partial charge in [-0.3, -0.25) is 4.79 Å². The van der Waals surface area contributed by atoms with Crippen LogP contribution < -0.4 is 5.32 Å². The second-order valence-corrected chi connectivity index (χ2v) is 7.13. The standard InChI is InChI=1S/C12H9Br2NO4S/c1-5-7(12(17)18)2-6(19-5)4-15-11(16)9-3-8(13)10(14)20-9/h2-3H,4H2,1H3,(H,15,16)(H,17,18). The lowest BCUT2D eigenvalue weighted by Crippen LogP contribution is -2.21. The van der Waals surface area contributed by atoms with Crippen LogP contribution in [0.3, 0.4) is 0 Å². The second-order valence-electron chi connectivity index (χ2n) is 3.90. The number of aryl methyl sites for hydroxylation is 1.